The van der Waals surface area contributed by atoms with Crippen molar-refractivity contribution < 1.29 is 20.4 Å². The zero-order valence-electron chi connectivity index (χ0n) is 9.95. The fraction of sp³-hybridized carbons (Fsp3) is 1.00. The highest BCUT2D eigenvalue weighted by atomic mass is 16.4. The number of nitrogens with zero attached hydrogens (tertiary/aromatic N) is 1. The Morgan fingerprint density at radius 1 is 1.19 bits per heavy atom. The van der Waals surface area contributed by atoms with E-state index in [9.17, 15) is 20.4 Å². The Labute approximate surface area is 96.3 Å². The van der Waals surface area contributed by atoms with Gasteiger partial charge in [0.1, 0.15) is 12.2 Å². The van der Waals surface area contributed by atoms with Gasteiger partial charge in [0.05, 0.1) is 18.8 Å². The van der Waals surface area contributed by atoms with Gasteiger partial charge in [-0.25, -0.2) is 0 Å². The van der Waals surface area contributed by atoms with Crippen molar-refractivity contribution in [3.63, 3.8) is 0 Å². The number of hydrogen-bond donors (Lipinski definition) is 4. The van der Waals surface area contributed by atoms with Crippen molar-refractivity contribution in [1.82, 2.24) is 4.90 Å². The number of rotatable bonds is 4. The molecule has 0 saturated carbocycles. The van der Waals surface area contributed by atoms with Gasteiger partial charge in [-0.15, -0.1) is 0 Å². The molecule has 0 aromatic rings. The van der Waals surface area contributed by atoms with Crippen molar-refractivity contribution in [2.24, 2.45) is 5.92 Å². The molecule has 0 aromatic heterocycles. The maximum Gasteiger partial charge on any atom is 0.109 e. The predicted octanol–water partition coefficient (Wildman–Crippen LogP) is -1.21. The summed E-state index contributed by atoms with van der Waals surface area (Å²) in [6.45, 7) is 5.00. The van der Waals surface area contributed by atoms with Crippen LogP contribution < -0.4 is 0 Å². The Hall–Kier alpha value is -0.200. The highest BCUT2D eigenvalue weighted by Gasteiger charge is 2.40. The van der Waals surface area contributed by atoms with E-state index >= 15 is 0 Å². The van der Waals surface area contributed by atoms with E-state index in [2.05, 4.69) is 13.8 Å². The molecule has 1 fully saturated rings. The van der Waals surface area contributed by atoms with Crippen molar-refractivity contribution in [1.29, 1.82) is 0 Å². The number of hydrogen-bond acceptors (Lipinski definition) is 5. The summed E-state index contributed by atoms with van der Waals surface area (Å²) in [5.74, 6) is 0.528. The van der Waals surface area contributed by atoms with E-state index in [1.807, 2.05) is 4.90 Å². The van der Waals surface area contributed by atoms with Crippen molar-refractivity contribution in [2.45, 2.75) is 44.6 Å². The minimum Gasteiger partial charge on any atom is -0.395 e. The third-order valence-electron chi connectivity index (χ3n) is 3.21. The molecule has 1 aliphatic rings. The van der Waals surface area contributed by atoms with E-state index in [-0.39, 0.29) is 6.61 Å². The van der Waals surface area contributed by atoms with E-state index in [0.29, 0.717) is 19.0 Å². The van der Waals surface area contributed by atoms with Crippen LogP contribution in [0.25, 0.3) is 0 Å². The number of likely N-dealkylation sites (tertiary alicyclic amines) is 1. The SMILES string of the molecule is CC(C)CCN1C[C@H](O)[C@@H](O)[C@H](O)[C@@H]1CO. The summed E-state index contributed by atoms with van der Waals surface area (Å²) < 4.78 is 0. The molecule has 4 N–H and O–H groups in total. The van der Waals surface area contributed by atoms with Gasteiger partial charge in [0.25, 0.3) is 0 Å². The lowest BCUT2D eigenvalue weighted by Gasteiger charge is -2.43. The van der Waals surface area contributed by atoms with Gasteiger partial charge >= 0.3 is 0 Å². The Balaban J connectivity index is 2.59. The van der Waals surface area contributed by atoms with Crippen LogP contribution in [0.15, 0.2) is 0 Å². The molecule has 0 aromatic carbocycles. The first-order valence-electron chi connectivity index (χ1n) is 5.86. The number of aliphatic hydroxyl groups is 4. The number of β-amino-alcohol motifs (C(OH)–C–C–N with tert-alkyl or cyclic N) is 1. The average Bonchev–Trinajstić information content (AvgIpc) is 2.23. The van der Waals surface area contributed by atoms with Gasteiger partial charge in [-0.2, -0.15) is 0 Å². The van der Waals surface area contributed by atoms with Crippen LogP contribution in [-0.2, 0) is 0 Å². The summed E-state index contributed by atoms with van der Waals surface area (Å²) in [4.78, 5) is 1.85. The highest BCUT2D eigenvalue weighted by molar-refractivity contribution is 4.94. The average molecular weight is 233 g/mol. The molecule has 0 unspecified atom stereocenters. The Morgan fingerprint density at radius 2 is 1.81 bits per heavy atom. The first kappa shape index (κ1) is 13.9. The van der Waals surface area contributed by atoms with Crippen LogP contribution in [0.2, 0.25) is 0 Å². The van der Waals surface area contributed by atoms with Gasteiger partial charge < -0.3 is 20.4 Å². The second-order valence-electron chi connectivity index (χ2n) is 4.98. The quantitative estimate of drug-likeness (QED) is 0.490. The summed E-state index contributed by atoms with van der Waals surface area (Å²) in [5, 5.41) is 38.0. The van der Waals surface area contributed by atoms with Crippen LogP contribution in [0.3, 0.4) is 0 Å². The van der Waals surface area contributed by atoms with E-state index in [4.69, 9.17) is 0 Å². The molecule has 0 bridgehead atoms. The molecule has 1 saturated heterocycles. The smallest absolute Gasteiger partial charge is 0.109 e. The summed E-state index contributed by atoms with van der Waals surface area (Å²) in [6.07, 6.45) is -2.25. The molecule has 0 radical (unpaired) electrons. The molecule has 0 spiro atoms. The van der Waals surface area contributed by atoms with E-state index in [1.54, 1.807) is 0 Å². The third kappa shape index (κ3) is 3.15. The molecular formula is C11H23NO4. The first-order valence-corrected chi connectivity index (χ1v) is 5.86. The molecular weight excluding hydrogens is 210 g/mol. The van der Waals surface area contributed by atoms with Gasteiger partial charge in [-0.3, -0.25) is 4.90 Å². The lowest BCUT2D eigenvalue weighted by Crippen LogP contribution is -2.62. The predicted molar refractivity (Wildman–Crippen MR) is 59.9 cm³/mol. The van der Waals surface area contributed by atoms with Gasteiger partial charge in [0.15, 0.2) is 0 Å². The standard InChI is InChI=1S/C11H23NO4/c1-7(2)3-4-12-5-9(14)11(16)10(15)8(12)6-13/h7-11,13-16H,3-6H2,1-2H3/t8-,9-,10+,11+/m0/s1. The van der Waals surface area contributed by atoms with E-state index < -0.39 is 24.4 Å². The lowest BCUT2D eigenvalue weighted by atomic mass is 9.93. The topological polar surface area (TPSA) is 84.2 Å². The van der Waals surface area contributed by atoms with E-state index in [0.717, 1.165) is 6.42 Å². The van der Waals surface area contributed by atoms with Crippen molar-refractivity contribution >= 4 is 0 Å². The van der Waals surface area contributed by atoms with Gasteiger partial charge in [-0.1, -0.05) is 13.8 Å². The van der Waals surface area contributed by atoms with Crippen LogP contribution in [0.1, 0.15) is 20.3 Å². The van der Waals surface area contributed by atoms with Gasteiger partial charge in [0.2, 0.25) is 0 Å². The molecule has 96 valence electrons. The molecule has 5 nitrogen and oxygen atoms in total. The molecule has 0 aliphatic carbocycles. The van der Waals surface area contributed by atoms with Crippen LogP contribution in [0.5, 0.6) is 0 Å². The van der Waals surface area contributed by atoms with Crippen LogP contribution >= 0.6 is 0 Å². The second kappa shape index (κ2) is 5.93. The van der Waals surface area contributed by atoms with E-state index in [1.165, 1.54) is 0 Å². The summed E-state index contributed by atoms with van der Waals surface area (Å²) in [6, 6.07) is -0.475. The summed E-state index contributed by atoms with van der Waals surface area (Å²) in [7, 11) is 0. The third-order valence-corrected chi connectivity index (χ3v) is 3.21. The Kier molecular flexibility index (Phi) is 5.14. The van der Waals surface area contributed by atoms with Crippen LogP contribution in [-0.4, -0.2) is 69.4 Å². The molecule has 4 atom stereocenters. The molecule has 16 heavy (non-hydrogen) atoms. The van der Waals surface area contributed by atoms with Gasteiger partial charge in [0, 0.05) is 6.54 Å². The maximum absolute atomic E-state index is 9.73. The second-order valence-corrected chi connectivity index (χ2v) is 4.98. The monoisotopic (exact) mass is 233 g/mol. The number of piperidine rings is 1. The largest absolute Gasteiger partial charge is 0.395 e. The summed E-state index contributed by atoms with van der Waals surface area (Å²) in [5.41, 5.74) is 0. The minimum absolute atomic E-state index is 0.205. The molecule has 1 rings (SSSR count). The minimum atomic E-state index is -1.16. The fourth-order valence-corrected chi connectivity index (χ4v) is 2.06. The van der Waals surface area contributed by atoms with Gasteiger partial charge in [-0.05, 0) is 18.9 Å². The normalized spacial score (nSPS) is 36.9. The molecule has 1 aliphatic heterocycles. The Bertz CT molecular complexity index is 212. The summed E-state index contributed by atoms with van der Waals surface area (Å²) >= 11 is 0. The zero-order valence-corrected chi connectivity index (χ0v) is 9.95. The highest BCUT2D eigenvalue weighted by Crippen LogP contribution is 2.19. The van der Waals surface area contributed by atoms with Crippen LogP contribution in [0, 0.1) is 5.92 Å². The van der Waals surface area contributed by atoms with Crippen molar-refractivity contribution in [2.75, 3.05) is 19.7 Å². The fourth-order valence-electron chi connectivity index (χ4n) is 2.06. The Morgan fingerprint density at radius 3 is 2.31 bits per heavy atom. The molecule has 0 amide bonds. The molecule has 1 heterocycles. The van der Waals surface area contributed by atoms with Crippen molar-refractivity contribution in [3.05, 3.63) is 0 Å². The lowest BCUT2D eigenvalue weighted by molar-refractivity contribution is -0.145. The molecule has 5 heteroatoms. The maximum atomic E-state index is 9.73. The first-order chi connectivity index (χ1) is 7.47. The van der Waals surface area contributed by atoms with Crippen LogP contribution in [0.4, 0.5) is 0 Å². The van der Waals surface area contributed by atoms with Crippen molar-refractivity contribution in [3.8, 4) is 0 Å². The zero-order chi connectivity index (χ0) is 12.3. The number of aliphatic hydroxyl groups excluding tert-OH is 4.